The summed E-state index contributed by atoms with van der Waals surface area (Å²) in [5, 5.41) is 0. The fraction of sp³-hybridized carbons (Fsp3) is 0.536. The van der Waals surface area contributed by atoms with E-state index in [0.717, 1.165) is 58.3 Å². The smallest absolute Gasteiger partial charge is 0.236 e. The van der Waals surface area contributed by atoms with Crippen molar-refractivity contribution in [2.24, 2.45) is 0 Å². The molecular weight excluding hydrogens is 408 g/mol. The van der Waals surface area contributed by atoms with E-state index in [0.29, 0.717) is 12.5 Å². The zero-order chi connectivity index (χ0) is 22.8. The number of carbonyl (C=O) groups excluding carboxylic acids is 1. The third-order valence-corrected chi connectivity index (χ3v) is 7.73. The predicted octanol–water partition coefficient (Wildman–Crippen LogP) is 3.47. The normalized spacial score (nSPS) is 20.0. The minimum Gasteiger partial charge on any atom is -0.339 e. The Kier molecular flexibility index (Phi) is 6.81. The fourth-order valence-corrected chi connectivity index (χ4v) is 5.57. The van der Waals surface area contributed by atoms with Crippen molar-refractivity contribution in [1.29, 1.82) is 0 Å². The molecule has 0 bridgehead atoms. The Balaban J connectivity index is 1.19. The summed E-state index contributed by atoms with van der Waals surface area (Å²) in [5.74, 6) is 0.306. The monoisotopic (exact) mass is 446 g/mol. The van der Waals surface area contributed by atoms with Crippen molar-refractivity contribution in [2.45, 2.75) is 44.8 Å². The maximum atomic E-state index is 13.0. The van der Waals surface area contributed by atoms with Crippen LogP contribution in [0, 0.1) is 0 Å². The van der Waals surface area contributed by atoms with Crippen LogP contribution in [0.2, 0.25) is 0 Å². The molecule has 0 unspecified atom stereocenters. The van der Waals surface area contributed by atoms with Crippen LogP contribution in [0.5, 0.6) is 0 Å². The van der Waals surface area contributed by atoms with Crippen LogP contribution in [0.1, 0.15) is 36.0 Å². The molecule has 2 heterocycles. The quantitative estimate of drug-likeness (QED) is 0.680. The Bertz CT molecular complexity index is 976. The molecule has 2 aromatic carbocycles. The van der Waals surface area contributed by atoms with E-state index in [9.17, 15) is 4.79 Å². The lowest BCUT2D eigenvalue weighted by Gasteiger charge is -2.43. The van der Waals surface area contributed by atoms with Gasteiger partial charge in [-0.2, -0.15) is 0 Å². The van der Waals surface area contributed by atoms with E-state index in [1.165, 1.54) is 47.1 Å². The van der Waals surface area contributed by atoms with Gasteiger partial charge in [0.15, 0.2) is 0 Å². The molecule has 0 N–H and O–H groups in total. The van der Waals surface area contributed by atoms with Gasteiger partial charge in [0.25, 0.3) is 0 Å². The number of fused-ring (bicyclic) bond motifs is 1. The summed E-state index contributed by atoms with van der Waals surface area (Å²) in [6.07, 6.45) is 5.10. The molecule has 5 rings (SSSR count). The number of piperazine rings is 1. The predicted molar refractivity (Wildman–Crippen MR) is 134 cm³/mol. The maximum Gasteiger partial charge on any atom is 0.236 e. The second-order valence-corrected chi connectivity index (χ2v) is 10.3. The van der Waals surface area contributed by atoms with Crippen molar-refractivity contribution >= 4 is 5.91 Å². The van der Waals surface area contributed by atoms with Crippen LogP contribution in [0.15, 0.2) is 42.5 Å². The Morgan fingerprint density at radius 1 is 0.970 bits per heavy atom. The molecular formula is C28H38N4O. The summed E-state index contributed by atoms with van der Waals surface area (Å²) in [6, 6.07) is 16.4. The Labute approximate surface area is 199 Å². The van der Waals surface area contributed by atoms with Gasteiger partial charge in [-0.25, -0.2) is 0 Å². The number of nitrogens with zero attached hydrogens (tertiary/aromatic N) is 4. The van der Waals surface area contributed by atoms with Gasteiger partial charge in [-0.1, -0.05) is 48.9 Å². The molecule has 2 aliphatic heterocycles. The highest BCUT2D eigenvalue weighted by molar-refractivity contribution is 5.78. The highest BCUT2D eigenvalue weighted by Gasteiger charge is 2.30. The van der Waals surface area contributed by atoms with Gasteiger partial charge in [0.2, 0.25) is 5.91 Å². The number of rotatable bonds is 6. The van der Waals surface area contributed by atoms with E-state index in [4.69, 9.17) is 0 Å². The Hall–Kier alpha value is -2.21. The van der Waals surface area contributed by atoms with Gasteiger partial charge in [0.1, 0.15) is 0 Å². The minimum absolute atomic E-state index is 0.306. The maximum absolute atomic E-state index is 13.0. The lowest BCUT2D eigenvalue weighted by molar-refractivity contribution is -0.135. The first-order chi connectivity index (χ1) is 16.1. The van der Waals surface area contributed by atoms with E-state index in [2.05, 4.69) is 76.2 Å². The molecule has 2 aromatic rings. The number of hydrogen-bond donors (Lipinski definition) is 0. The highest BCUT2D eigenvalue weighted by atomic mass is 16.2. The molecule has 33 heavy (non-hydrogen) atoms. The number of amides is 1. The molecule has 0 aromatic heterocycles. The molecule has 5 nitrogen and oxygen atoms in total. The average molecular weight is 447 g/mol. The molecule has 1 aliphatic carbocycles. The molecule has 3 aliphatic rings. The lowest BCUT2D eigenvalue weighted by atomic mass is 9.91. The summed E-state index contributed by atoms with van der Waals surface area (Å²) in [7, 11) is 4.24. The van der Waals surface area contributed by atoms with E-state index < -0.39 is 0 Å². The van der Waals surface area contributed by atoms with E-state index in [1.54, 1.807) is 0 Å². The van der Waals surface area contributed by atoms with Gasteiger partial charge in [-0.3, -0.25) is 14.6 Å². The molecule has 0 spiro atoms. The van der Waals surface area contributed by atoms with E-state index >= 15 is 0 Å². The van der Waals surface area contributed by atoms with Crippen molar-refractivity contribution in [3.8, 4) is 11.1 Å². The number of hydrogen-bond acceptors (Lipinski definition) is 4. The van der Waals surface area contributed by atoms with Crippen LogP contribution in [0.3, 0.4) is 0 Å². The van der Waals surface area contributed by atoms with Crippen molar-refractivity contribution < 1.29 is 4.79 Å². The molecule has 0 atom stereocenters. The second kappa shape index (κ2) is 9.96. The first kappa shape index (κ1) is 22.6. The summed E-state index contributed by atoms with van der Waals surface area (Å²) in [6.45, 7) is 7.24. The third kappa shape index (κ3) is 5.16. The van der Waals surface area contributed by atoms with Gasteiger partial charge >= 0.3 is 0 Å². The number of benzene rings is 2. The van der Waals surface area contributed by atoms with Gasteiger partial charge in [0, 0.05) is 51.9 Å². The number of carbonyl (C=O) groups is 1. The third-order valence-electron chi connectivity index (χ3n) is 7.73. The van der Waals surface area contributed by atoms with Crippen molar-refractivity contribution in [3.05, 3.63) is 59.2 Å². The molecule has 1 amide bonds. The summed E-state index contributed by atoms with van der Waals surface area (Å²) >= 11 is 0. The Morgan fingerprint density at radius 3 is 2.48 bits per heavy atom. The summed E-state index contributed by atoms with van der Waals surface area (Å²) < 4.78 is 0. The minimum atomic E-state index is 0.306. The van der Waals surface area contributed by atoms with Gasteiger partial charge in [-0.15, -0.1) is 0 Å². The summed E-state index contributed by atoms with van der Waals surface area (Å²) in [4.78, 5) is 22.2. The van der Waals surface area contributed by atoms with Crippen molar-refractivity contribution in [3.63, 3.8) is 0 Å². The first-order valence-electron chi connectivity index (χ1n) is 12.7. The molecule has 2 fully saturated rings. The Morgan fingerprint density at radius 2 is 1.76 bits per heavy atom. The largest absolute Gasteiger partial charge is 0.339 e. The molecule has 1 saturated carbocycles. The molecule has 1 saturated heterocycles. The van der Waals surface area contributed by atoms with Crippen molar-refractivity contribution in [2.75, 3.05) is 53.4 Å². The average Bonchev–Trinajstić information content (AvgIpc) is 2.78. The topological polar surface area (TPSA) is 30.0 Å². The standard InChI is InChI=1S/C28H38N4O/c1-29(2)19-25-6-3-4-9-27(25)23-10-11-24-20-30(13-12-22(24)18-23)21-28(33)32-16-14-31(15-17-32)26-7-5-8-26/h3-4,6,9-11,18,26H,5,7-8,12-17,19-21H2,1-2H3. The van der Waals surface area contributed by atoms with Crippen LogP contribution < -0.4 is 0 Å². The zero-order valence-corrected chi connectivity index (χ0v) is 20.3. The van der Waals surface area contributed by atoms with Crippen LogP contribution in [-0.4, -0.2) is 84.9 Å². The van der Waals surface area contributed by atoms with Gasteiger partial charge < -0.3 is 9.80 Å². The second-order valence-electron chi connectivity index (χ2n) is 10.3. The van der Waals surface area contributed by atoms with Gasteiger partial charge in [-0.05, 0) is 61.2 Å². The lowest BCUT2D eigenvalue weighted by Crippen LogP contribution is -2.55. The molecule has 5 heteroatoms. The highest BCUT2D eigenvalue weighted by Crippen LogP contribution is 2.29. The zero-order valence-electron chi connectivity index (χ0n) is 20.3. The first-order valence-corrected chi connectivity index (χ1v) is 12.7. The van der Waals surface area contributed by atoms with Crippen molar-refractivity contribution in [1.82, 2.24) is 19.6 Å². The van der Waals surface area contributed by atoms with E-state index in [1.807, 2.05) is 0 Å². The van der Waals surface area contributed by atoms with Crippen LogP contribution in [-0.2, 0) is 24.3 Å². The van der Waals surface area contributed by atoms with E-state index in [-0.39, 0.29) is 0 Å². The summed E-state index contributed by atoms with van der Waals surface area (Å²) in [5.41, 5.74) is 6.80. The van der Waals surface area contributed by atoms with Crippen LogP contribution in [0.25, 0.3) is 11.1 Å². The van der Waals surface area contributed by atoms with Crippen LogP contribution in [0.4, 0.5) is 0 Å². The molecule has 176 valence electrons. The van der Waals surface area contributed by atoms with Crippen LogP contribution >= 0.6 is 0 Å². The SMILES string of the molecule is CN(C)Cc1ccccc1-c1ccc2c(c1)CCN(CC(=O)N1CCN(C3CCC3)CC1)C2. The molecule has 0 radical (unpaired) electrons. The fourth-order valence-electron chi connectivity index (χ4n) is 5.57. The van der Waals surface area contributed by atoms with Gasteiger partial charge in [0.05, 0.1) is 6.54 Å².